The highest BCUT2D eigenvalue weighted by molar-refractivity contribution is 5.85. The molecule has 3 rings (SSSR count). The van der Waals surface area contributed by atoms with Gasteiger partial charge in [0.25, 0.3) is 5.91 Å². The van der Waals surface area contributed by atoms with Gasteiger partial charge in [0.1, 0.15) is 26.4 Å². The minimum atomic E-state index is -8.54. The van der Waals surface area contributed by atoms with Gasteiger partial charge >= 0.3 is 41.7 Å². The number of nitrogens with one attached hydrogen (secondary N) is 1. The van der Waals surface area contributed by atoms with E-state index in [1.807, 2.05) is 0 Å². The van der Waals surface area contributed by atoms with E-state index >= 15 is 0 Å². The van der Waals surface area contributed by atoms with Gasteiger partial charge in [-0.25, -0.2) is 0 Å². The molecular formula is C27H22F15NO6. The fraction of sp³-hybridized carbons (Fsp3) is 0.519. The maximum absolute atomic E-state index is 14.6. The van der Waals surface area contributed by atoms with Gasteiger partial charge in [-0.2, -0.15) is 65.9 Å². The van der Waals surface area contributed by atoms with Crippen molar-refractivity contribution in [2.24, 2.45) is 0 Å². The maximum atomic E-state index is 14.6. The van der Waals surface area contributed by atoms with Gasteiger partial charge in [0.15, 0.2) is 23.0 Å². The summed E-state index contributed by atoms with van der Waals surface area (Å²) in [5.41, 5.74) is 0. The Morgan fingerprint density at radius 2 is 0.857 bits per heavy atom. The highest BCUT2D eigenvalue weighted by atomic mass is 19.4. The molecule has 1 N–H and O–H groups in total. The fourth-order valence-corrected chi connectivity index (χ4v) is 3.80. The molecule has 0 atom stereocenters. The number of amides is 1. The van der Waals surface area contributed by atoms with Crippen LogP contribution in [0, 0.1) is 0 Å². The quantitative estimate of drug-likeness (QED) is 0.316. The number of ether oxygens (including phenoxy) is 5. The Bertz CT molecular complexity index is 1380. The van der Waals surface area contributed by atoms with Gasteiger partial charge in [0, 0.05) is 0 Å². The van der Waals surface area contributed by atoms with Crippen LogP contribution in [0.5, 0.6) is 23.0 Å². The van der Waals surface area contributed by atoms with Crippen molar-refractivity contribution in [3.05, 3.63) is 48.5 Å². The second-order valence-electron chi connectivity index (χ2n) is 9.94. The van der Waals surface area contributed by atoms with Crippen LogP contribution < -0.4 is 24.3 Å². The van der Waals surface area contributed by atoms with Crippen molar-refractivity contribution in [2.45, 2.75) is 47.8 Å². The summed E-state index contributed by atoms with van der Waals surface area (Å²) in [5.74, 6) is -52.9. The summed E-state index contributed by atoms with van der Waals surface area (Å²) in [4.78, 5) is 12.3. The van der Waals surface area contributed by atoms with E-state index in [4.69, 9.17) is 23.7 Å². The lowest BCUT2D eigenvalue weighted by Crippen LogP contribution is -2.74. The molecule has 1 aliphatic heterocycles. The number of hydrogen-bond donors (Lipinski definition) is 1. The Hall–Kier alpha value is -3.98. The van der Waals surface area contributed by atoms with Gasteiger partial charge in [-0.1, -0.05) is 24.3 Å². The van der Waals surface area contributed by atoms with Crippen LogP contribution in [-0.4, -0.2) is 93.3 Å². The van der Waals surface area contributed by atoms with E-state index in [-0.39, 0.29) is 49.4 Å². The van der Waals surface area contributed by atoms with Crippen LogP contribution in [0.2, 0.25) is 0 Å². The molecule has 0 saturated carbocycles. The molecule has 0 aliphatic carbocycles. The van der Waals surface area contributed by atoms with Crippen molar-refractivity contribution in [3.8, 4) is 23.0 Å². The van der Waals surface area contributed by atoms with Gasteiger partial charge in [-0.3, -0.25) is 4.79 Å². The zero-order valence-corrected chi connectivity index (χ0v) is 24.1. The van der Waals surface area contributed by atoms with Crippen LogP contribution in [0.1, 0.15) is 0 Å². The zero-order valence-electron chi connectivity index (χ0n) is 24.1. The lowest BCUT2D eigenvalue weighted by molar-refractivity contribution is -0.449. The highest BCUT2D eigenvalue weighted by Gasteiger charge is 2.94. The summed E-state index contributed by atoms with van der Waals surface area (Å²) in [7, 11) is 0. The van der Waals surface area contributed by atoms with Gasteiger partial charge in [-0.15, -0.1) is 0 Å². The molecule has 0 bridgehead atoms. The Morgan fingerprint density at radius 1 is 0.510 bits per heavy atom. The molecule has 22 heteroatoms. The van der Waals surface area contributed by atoms with Crippen molar-refractivity contribution in [1.82, 2.24) is 5.32 Å². The number of carbonyl (C=O) groups excluding carboxylic acids is 1. The molecule has 1 heterocycles. The van der Waals surface area contributed by atoms with E-state index in [9.17, 15) is 70.7 Å². The predicted octanol–water partition coefficient (Wildman–Crippen LogP) is 6.79. The smallest absolute Gasteiger partial charge is 0.460 e. The van der Waals surface area contributed by atoms with Crippen molar-refractivity contribution < 1.29 is 94.3 Å². The Labute approximate surface area is 265 Å². The lowest BCUT2D eigenvalue weighted by Gasteiger charge is -2.41. The zero-order chi connectivity index (χ0) is 37.1. The molecule has 0 radical (unpaired) electrons. The van der Waals surface area contributed by atoms with Crippen molar-refractivity contribution >= 4 is 5.91 Å². The number of rotatable bonds is 7. The normalized spacial score (nSPS) is 17.0. The van der Waals surface area contributed by atoms with Gasteiger partial charge in [0.05, 0.1) is 19.3 Å². The van der Waals surface area contributed by atoms with Crippen LogP contribution >= 0.6 is 0 Å². The maximum Gasteiger partial charge on any atom is 0.460 e. The van der Waals surface area contributed by atoms with Crippen LogP contribution in [0.15, 0.2) is 48.5 Å². The van der Waals surface area contributed by atoms with Crippen molar-refractivity contribution in [2.75, 3.05) is 39.6 Å². The largest absolute Gasteiger partial charge is 0.487 e. The second kappa shape index (κ2) is 14.1. The number of hydrogen-bond acceptors (Lipinski definition) is 6. The van der Waals surface area contributed by atoms with Gasteiger partial charge < -0.3 is 29.0 Å². The molecule has 0 spiro atoms. The van der Waals surface area contributed by atoms with E-state index in [2.05, 4.69) is 0 Å². The van der Waals surface area contributed by atoms with Gasteiger partial charge in [-0.05, 0) is 24.3 Å². The predicted molar refractivity (Wildman–Crippen MR) is 133 cm³/mol. The van der Waals surface area contributed by atoms with Crippen LogP contribution in [0.4, 0.5) is 65.9 Å². The number of carbonyl (C=O) groups is 1. The number of benzene rings is 2. The first kappa shape index (κ1) is 39.5. The van der Waals surface area contributed by atoms with Gasteiger partial charge in [0.2, 0.25) is 0 Å². The van der Waals surface area contributed by atoms with Crippen molar-refractivity contribution in [3.63, 3.8) is 0 Å². The third kappa shape index (κ3) is 7.47. The molecule has 0 saturated heterocycles. The number of halogens is 15. The summed E-state index contributed by atoms with van der Waals surface area (Å²) >= 11 is 0. The molecule has 0 aromatic heterocycles. The molecule has 7 nitrogen and oxygen atoms in total. The van der Waals surface area contributed by atoms with E-state index in [0.717, 1.165) is 5.32 Å². The highest BCUT2D eigenvalue weighted by Crippen LogP contribution is 2.62. The average Bonchev–Trinajstić information content (AvgIpc) is 3.01. The fourth-order valence-electron chi connectivity index (χ4n) is 3.80. The number of fused-ring (bicyclic) bond motifs is 2. The Morgan fingerprint density at radius 3 is 1.24 bits per heavy atom. The minimum absolute atomic E-state index is 0.00127. The molecule has 0 fully saturated rings. The van der Waals surface area contributed by atoms with Crippen LogP contribution in [0.25, 0.3) is 0 Å². The first-order valence-electron chi connectivity index (χ1n) is 13.3. The Balaban J connectivity index is 1.95. The first-order valence-corrected chi connectivity index (χ1v) is 13.3. The molecule has 49 heavy (non-hydrogen) atoms. The molecule has 1 amide bonds. The summed E-state index contributed by atoms with van der Waals surface area (Å²) < 4.78 is 232. The van der Waals surface area contributed by atoms with Crippen molar-refractivity contribution in [1.29, 1.82) is 0 Å². The van der Waals surface area contributed by atoms with E-state index < -0.39 is 66.9 Å². The lowest BCUT2D eigenvalue weighted by atomic mass is 9.90. The third-order valence-corrected chi connectivity index (χ3v) is 6.50. The first-order chi connectivity index (χ1) is 22.4. The minimum Gasteiger partial charge on any atom is -0.487 e. The molecule has 2 aromatic rings. The molecular weight excluding hydrogens is 719 g/mol. The molecule has 0 unspecified atom stereocenters. The topological polar surface area (TPSA) is 75.3 Å². The van der Waals surface area contributed by atoms with E-state index in [0.29, 0.717) is 0 Å². The van der Waals surface area contributed by atoms with E-state index in [1.54, 1.807) is 0 Å². The SMILES string of the molecule is O=C(NC1COc2ccccc2OCCOCCOc2ccccc2OC1)C(F)(F)C(F)(F)C(F)(F)C(F)(F)C(F)(F)C(F)(F)C(F)(F)F. The third-order valence-electron chi connectivity index (χ3n) is 6.50. The summed E-state index contributed by atoms with van der Waals surface area (Å²) in [6.45, 7) is -2.35. The van der Waals surface area contributed by atoms with Crippen LogP contribution in [0.3, 0.4) is 0 Å². The Kier molecular flexibility index (Phi) is 11.4. The molecule has 2 aromatic carbocycles. The van der Waals surface area contributed by atoms with E-state index in [1.165, 1.54) is 48.5 Å². The standard InChI is InChI=1S/C27H22F15NO6/c28-21(29,22(30,31)23(32,33)24(34,35)25(36,37)26(38,39)27(40,41)42)20(44)43-15-13-48-18-7-3-1-5-16(18)46-11-9-45-10-12-47-17-6-2-4-8-19(17)49-14-15/h1-8,15H,9-14H2,(H,43,44). The number of para-hydroxylation sites is 4. The average molecular weight is 741 g/mol. The summed E-state index contributed by atoms with van der Waals surface area (Å²) in [6.07, 6.45) is -7.75. The number of alkyl halides is 15. The summed E-state index contributed by atoms with van der Waals surface area (Å²) in [5, 5.41) is 1.03. The second-order valence-corrected chi connectivity index (χ2v) is 9.94. The molecule has 276 valence electrons. The molecule has 1 aliphatic rings. The monoisotopic (exact) mass is 741 g/mol. The summed E-state index contributed by atoms with van der Waals surface area (Å²) in [6, 6.07) is 8.50. The van der Waals surface area contributed by atoms with Crippen LogP contribution in [-0.2, 0) is 9.53 Å².